The molecule has 0 fully saturated rings. The largest absolute Gasteiger partial charge is 0.493 e. The number of aromatic nitrogens is 1. The topological polar surface area (TPSA) is 56.5 Å². The van der Waals surface area contributed by atoms with E-state index in [9.17, 15) is 0 Å². The Morgan fingerprint density at radius 1 is 1.20 bits per heavy atom. The molecule has 1 N–H and O–H groups in total. The van der Waals surface area contributed by atoms with Crippen molar-refractivity contribution in [3.63, 3.8) is 0 Å². The summed E-state index contributed by atoms with van der Waals surface area (Å²) in [7, 11) is 3.28. The van der Waals surface area contributed by atoms with Gasteiger partial charge in [0.15, 0.2) is 11.5 Å². The molecule has 1 heterocycles. The molecule has 1 unspecified atom stereocenters. The lowest BCUT2D eigenvalue weighted by Gasteiger charge is -2.18. The van der Waals surface area contributed by atoms with Crippen molar-refractivity contribution < 1.29 is 14.0 Å². The van der Waals surface area contributed by atoms with E-state index in [1.807, 2.05) is 24.3 Å². The first-order valence-corrected chi connectivity index (χ1v) is 6.63. The van der Waals surface area contributed by atoms with E-state index in [0.717, 1.165) is 29.2 Å². The number of hydrogen-bond acceptors (Lipinski definition) is 5. The van der Waals surface area contributed by atoms with Crippen LogP contribution in [0.15, 0.2) is 35.0 Å². The Kier molecular flexibility index (Phi) is 5.01. The molecular weight excluding hydrogens is 256 g/mol. The third-order valence-corrected chi connectivity index (χ3v) is 3.23. The average Bonchev–Trinajstić information content (AvgIpc) is 3.01. The number of nitrogens with zero attached hydrogens (tertiary/aromatic N) is 1. The van der Waals surface area contributed by atoms with Crippen LogP contribution < -0.4 is 14.8 Å². The van der Waals surface area contributed by atoms with Crippen LogP contribution in [0.3, 0.4) is 0 Å². The second-order valence-electron chi connectivity index (χ2n) is 4.43. The van der Waals surface area contributed by atoms with Gasteiger partial charge in [-0.2, -0.15) is 0 Å². The maximum Gasteiger partial charge on any atom is 0.161 e. The molecule has 0 amide bonds. The molecule has 1 aromatic carbocycles. The molecule has 0 radical (unpaired) electrons. The summed E-state index contributed by atoms with van der Waals surface area (Å²) in [5.41, 5.74) is 1.16. The van der Waals surface area contributed by atoms with Crippen LogP contribution in [0.4, 0.5) is 0 Å². The summed E-state index contributed by atoms with van der Waals surface area (Å²) in [5.74, 6) is 2.30. The van der Waals surface area contributed by atoms with Crippen molar-refractivity contribution in [2.75, 3.05) is 14.2 Å². The van der Waals surface area contributed by atoms with E-state index >= 15 is 0 Å². The van der Waals surface area contributed by atoms with Crippen LogP contribution >= 0.6 is 0 Å². The van der Waals surface area contributed by atoms with E-state index in [4.69, 9.17) is 14.0 Å². The zero-order valence-corrected chi connectivity index (χ0v) is 12.1. The van der Waals surface area contributed by atoms with Crippen LogP contribution in [0.25, 0.3) is 0 Å². The predicted octanol–water partition coefficient (Wildman–Crippen LogP) is 2.93. The monoisotopic (exact) mass is 276 g/mol. The lowest BCUT2D eigenvalue weighted by molar-refractivity contribution is 0.351. The van der Waals surface area contributed by atoms with Crippen molar-refractivity contribution in [3.05, 3.63) is 41.8 Å². The Balaban J connectivity index is 2.10. The van der Waals surface area contributed by atoms with Gasteiger partial charge in [0.25, 0.3) is 0 Å². The summed E-state index contributed by atoms with van der Waals surface area (Å²) >= 11 is 0. The highest BCUT2D eigenvalue weighted by Crippen LogP contribution is 2.30. The van der Waals surface area contributed by atoms with Gasteiger partial charge in [-0.15, -0.1) is 0 Å². The second kappa shape index (κ2) is 6.96. The van der Waals surface area contributed by atoms with Crippen LogP contribution in [-0.2, 0) is 6.54 Å². The first-order chi connectivity index (χ1) is 9.78. The fraction of sp³-hybridized carbons (Fsp3) is 0.400. The quantitative estimate of drug-likeness (QED) is 0.842. The molecule has 1 aromatic heterocycles. The van der Waals surface area contributed by atoms with E-state index in [1.54, 1.807) is 20.4 Å². The van der Waals surface area contributed by atoms with Gasteiger partial charge in [-0.05, 0) is 24.1 Å². The van der Waals surface area contributed by atoms with Gasteiger partial charge in [0, 0.05) is 12.1 Å². The normalized spacial score (nSPS) is 12.2. The third-order valence-electron chi connectivity index (χ3n) is 3.23. The standard InChI is InChI=1S/C15H20N2O3/c1-4-13(16-10-12-7-8-17-20-12)11-5-6-14(18-2)15(9-11)19-3/h5-9,13,16H,4,10H2,1-3H3. The van der Waals surface area contributed by atoms with Gasteiger partial charge >= 0.3 is 0 Å². The summed E-state index contributed by atoms with van der Waals surface area (Å²) in [6, 6.07) is 8.05. The Morgan fingerprint density at radius 2 is 2.00 bits per heavy atom. The van der Waals surface area contributed by atoms with Gasteiger partial charge in [0.05, 0.1) is 27.0 Å². The SMILES string of the molecule is CCC(NCc1ccno1)c1ccc(OC)c(OC)c1. The molecule has 1 atom stereocenters. The highest BCUT2D eigenvalue weighted by molar-refractivity contribution is 5.43. The van der Waals surface area contributed by atoms with E-state index < -0.39 is 0 Å². The van der Waals surface area contributed by atoms with Crippen molar-refractivity contribution in [1.29, 1.82) is 0 Å². The Hall–Kier alpha value is -2.01. The molecule has 0 aliphatic heterocycles. The van der Waals surface area contributed by atoms with Gasteiger partial charge in [0.1, 0.15) is 5.76 Å². The van der Waals surface area contributed by atoms with E-state index in [2.05, 4.69) is 17.4 Å². The van der Waals surface area contributed by atoms with Gasteiger partial charge in [-0.1, -0.05) is 18.1 Å². The molecule has 2 rings (SSSR count). The lowest BCUT2D eigenvalue weighted by Crippen LogP contribution is -2.20. The number of benzene rings is 1. The maximum absolute atomic E-state index is 5.34. The minimum atomic E-state index is 0.222. The van der Waals surface area contributed by atoms with Crippen molar-refractivity contribution in [2.24, 2.45) is 0 Å². The maximum atomic E-state index is 5.34. The summed E-state index contributed by atoms with van der Waals surface area (Å²) in [6.45, 7) is 2.78. The Labute approximate surface area is 118 Å². The van der Waals surface area contributed by atoms with Crippen molar-refractivity contribution in [3.8, 4) is 11.5 Å². The van der Waals surface area contributed by atoms with Crippen LogP contribution in [0, 0.1) is 0 Å². The van der Waals surface area contributed by atoms with Crippen molar-refractivity contribution in [2.45, 2.75) is 25.9 Å². The smallest absolute Gasteiger partial charge is 0.161 e. The zero-order valence-electron chi connectivity index (χ0n) is 12.1. The highest BCUT2D eigenvalue weighted by Gasteiger charge is 2.13. The molecule has 5 heteroatoms. The Morgan fingerprint density at radius 3 is 2.60 bits per heavy atom. The molecule has 0 aliphatic rings. The molecule has 2 aromatic rings. The van der Waals surface area contributed by atoms with Crippen LogP contribution in [0.5, 0.6) is 11.5 Å². The van der Waals surface area contributed by atoms with Gasteiger partial charge in [-0.3, -0.25) is 0 Å². The van der Waals surface area contributed by atoms with Crippen LogP contribution in [0.2, 0.25) is 0 Å². The van der Waals surface area contributed by atoms with Gasteiger partial charge < -0.3 is 19.3 Å². The minimum Gasteiger partial charge on any atom is -0.493 e. The van der Waals surface area contributed by atoms with E-state index in [1.165, 1.54) is 0 Å². The molecular formula is C15H20N2O3. The number of hydrogen-bond donors (Lipinski definition) is 1. The van der Waals surface area contributed by atoms with Crippen LogP contribution in [-0.4, -0.2) is 19.4 Å². The van der Waals surface area contributed by atoms with Gasteiger partial charge in [-0.25, -0.2) is 0 Å². The zero-order chi connectivity index (χ0) is 14.4. The second-order valence-corrected chi connectivity index (χ2v) is 4.43. The first-order valence-electron chi connectivity index (χ1n) is 6.63. The molecule has 5 nitrogen and oxygen atoms in total. The summed E-state index contributed by atoms with van der Waals surface area (Å²) in [6.07, 6.45) is 2.61. The molecule has 0 saturated carbocycles. The first kappa shape index (κ1) is 14.4. The van der Waals surface area contributed by atoms with Crippen LogP contribution in [0.1, 0.15) is 30.7 Å². The van der Waals surface area contributed by atoms with Crippen molar-refractivity contribution >= 4 is 0 Å². The third kappa shape index (κ3) is 3.30. The molecule has 108 valence electrons. The lowest BCUT2D eigenvalue weighted by atomic mass is 10.0. The molecule has 20 heavy (non-hydrogen) atoms. The van der Waals surface area contributed by atoms with Crippen molar-refractivity contribution in [1.82, 2.24) is 10.5 Å². The number of methoxy groups -OCH3 is 2. The minimum absolute atomic E-state index is 0.222. The molecule has 0 aliphatic carbocycles. The summed E-state index contributed by atoms with van der Waals surface area (Å²) in [5, 5.41) is 7.14. The number of nitrogens with one attached hydrogen (secondary N) is 1. The fourth-order valence-electron chi connectivity index (χ4n) is 2.12. The van der Waals surface area contributed by atoms with E-state index in [0.29, 0.717) is 6.54 Å². The highest BCUT2D eigenvalue weighted by atomic mass is 16.5. The average molecular weight is 276 g/mol. The molecule has 0 bridgehead atoms. The number of rotatable bonds is 7. The Bertz CT molecular complexity index is 526. The van der Waals surface area contributed by atoms with E-state index in [-0.39, 0.29) is 6.04 Å². The molecule has 0 spiro atoms. The predicted molar refractivity (Wildman–Crippen MR) is 75.9 cm³/mol. The van der Waals surface area contributed by atoms with Gasteiger partial charge in [0.2, 0.25) is 0 Å². The fourth-order valence-corrected chi connectivity index (χ4v) is 2.12. The molecule has 0 saturated heterocycles. The number of ether oxygens (including phenoxy) is 2. The summed E-state index contributed by atoms with van der Waals surface area (Å²) in [4.78, 5) is 0. The summed E-state index contributed by atoms with van der Waals surface area (Å²) < 4.78 is 15.7.